The number of carbonyl (C=O) groups excluding carboxylic acids is 1. The van der Waals surface area contributed by atoms with Gasteiger partial charge in [-0.15, -0.1) is 0 Å². The quantitative estimate of drug-likeness (QED) is 0.419. The molecule has 2 aliphatic rings. The zero-order valence-corrected chi connectivity index (χ0v) is 20.6. The Morgan fingerprint density at radius 2 is 1.66 bits per heavy atom. The third kappa shape index (κ3) is 5.80. The molecule has 181 valence electrons. The normalized spacial score (nSPS) is 16.9. The van der Waals surface area contributed by atoms with Crippen LogP contribution in [-0.2, 0) is 20.0 Å². The molecule has 1 saturated heterocycles. The molecule has 0 aromatic heterocycles. The Balaban J connectivity index is 1.30. The van der Waals surface area contributed by atoms with Gasteiger partial charge < -0.3 is 24.0 Å². The summed E-state index contributed by atoms with van der Waals surface area (Å²) < 4.78 is 16.9. The lowest BCUT2D eigenvalue weighted by Gasteiger charge is -2.32. The lowest BCUT2D eigenvalue weighted by Crippen LogP contribution is -2.16. The van der Waals surface area contributed by atoms with E-state index in [1.807, 2.05) is 42.5 Å². The number of rotatable bonds is 5. The fourth-order valence-corrected chi connectivity index (χ4v) is 5.92. The van der Waals surface area contributed by atoms with E-state index in [0.29, 0.717) is 43.7 Å². The van der Waals surface area contributed by atoms with E-state index in [-0.39, 0.29) is 5.91 Å². The highest BCUT2D eigenvalue weighted by molar-refractivity contribution is 7.59. The van der Waals surface area contributed by atoms with Crippen LogP contribution in [0.25, 0.3) is 17.2 Å². The van der Waals surface area contributed by atoms with Crippen LogP contribution in [0, 0.1) is 6.92 Å². The molecule has 2 N–H and O–H groups in total. The molecule has 2 heterocycles. The summed E-state index contributed by atoms with van der Waals surface area (Å²) in [5.74, 6) is 0.626. The van der Waals surface area contributed by atoms with Gasteiger partial charge in [0.05, 0.1) is 26.0 Å². The number of hydrogen-bond donors (Lipinski definition) is 2. The van der Waals surface area contributed by atoms with E-state index in [9.17, 15) is 9.69 Å². The fraction of sp³-hybridized carbons (Fsp3) is 0.250. The van der Waals surface area contributed by atoms with E-state index in [1.54, 1.807) is 0 Å². The van der Waals surface area contributed by atoms with Crippen molar-refractivity contribution in [2.45, 2.75) is 25.9 Å². The van der Waals surface area contributed by atoms with Crippen molar-refractivity contribution in [1.82, 2.24) is 0 Å². The highest BCUT2D eigenvalue weighted by Crippen LogP contribution is 2.61. The predicted octanol–water partition coefficient (Wildman–Crippen LogP) is 6.16. The first-order valence-corrected chi connectivity index (χ1v) is 13.6. The van der Waals surface area contributed by atoms with Gasteiger partial charge in [-0.2, -0.15) is 0 Å². The first kappa shape index (κ1) is 23.7. The Morgan fingerprint density at radius 3 is 2.40 bits per heavy atom. The fourth-order valence-electron chi connectivity index (χ4n) is 4.17. The van der Waals surface area contributed by atoms with Gasteiger partial charge in [-0.3, -0.25) is 4.79 Å². The number of benzene rings is 3. The number of nitrogens with one attached hydrogen (secondary N) is 1. The predicted molar refractivity (Wildman–Crippen MR) is 139 cm³/mol. The minimum Gasteiger partial charge on any atom is -0.493 e. The van der Waals surface area contributed by atoms with Gasteiger partial charge in [-0.1, -0.05) is 48.0 Å². The maximum absolute atomic E-state index is 13.1. The van der Waals surface area contributed by atoms with E-state index >= 15 is 0 Å². The molecule has 0 saturated carbocycles. The number of hydrogen-bond acceptors (Lipinski definition) is 5. The molecule has 3 aromatic carbocycles. The lowest BCUT2D eigenvalue weighted by molar-refractivity contribution is -0.113. The summed E-state index contributed by atoms with van der Waals surface area (Å²) >= 11 is 0. The van der Waals surface area contributed by atoms with Crippen molar-refractivity contribution in [3.8, 4) is 16.9 Å². The van der Waals surface area contributed by atoms with Crippen molar-refractivity contribution in [1.29, 1.82) is 0 Å². The van der Waals surface area contributed by atoms with Crippen LogP contribution in [0.5, 0.6) is 5.75 Å². The number of carbonyl (C=O) groups is 1. The van der Waals surface area contributed by atoms with Crippen molar-refractivity contribution in [2.24, 2.45) is 0 Å². The van der Waals surface area contributed by atoms with Crippen LogP contribution in [0.4, 0.5) is 5.69 Å². The van der Waals surface area contributed by atoms with E-state index < -0.39 is 7.94 Å². The Hall–Kier alpha value is -3.02. The first-order valence-electron chi connectivity index (χ1n) is 11.8. The summed E-state index contributed by atoms with van der Waals surface area (Å²) in [5, 5.41) is 2.98. The third-order valence-corrected chi connectivity index (χ3v) is 8.05. The van der Waals surface area contributed by atoms with E-state index in [0.717, 1.165) is 34.4 Å². The van der Waals surface area contributed by atoms with Crippen LogP contribution >= 0.6 is 7.94 Å². The van der Waals surface area contributed by atoms with Gasteiger partial charge in [0, 0.05) is 23.2 Å². The van der Waals surface area contributed by atoms with Gasteiger partial charge in [0.15, 0.2) is 0 Å². The number of amides is 1. The highest BCUT2D eigenvalue weighted by atomic mass is 31.2. The maximum atomic E-state index is 13.1. The molecule has 7 heteroatoms. The Kier molecular flexibility index (Phi) is 6.98. The van der Waals surface area contributed by atoms with Crippen molar-refractivity contribution >= 4 is 25.6 Å². The standard InChI is InChI=1S/C28H29NO5P/c1-20-3-7-22(8-4-20)23-9-12-27-25(17-23)18-24(13-16-32-27)28(30)29-26-10-5-21(6-11-26)19-35(31)33-14-2-15-34-35/h3-12,17-18,31H,2,13-16,19H2,1H3,(H,29,30). The second-order valence-corrected chi connectivity index (χ2v) is 11.0. The Bertz CT molecular complexity index is 1230. The molecular formula is C28H29NO5P. The molecule has 0 aliphatic carbocycles. The van der Waals surface area contributed by atoms with Crippen molar-refractivity contribution < 1.29 is 23.5 Å². The van der Waals surface area contributed by atoms with Crippen molar-refractivity contribution in [2.75, 3.05) is 25.1 Å². The lowest BCUT2D eigenvalue weighted by atomic mass is 10.00. The zero-order valence-electron chi connectivity index (χ0n) is 19.7. The summed E-state index contributed by atoms with van der Waals surface area (Å²) in [6.07, 6.45) is 3.57. The molecule has 0 atom stereocenters. The van der Waals surface area contributed by atoms with Gasteiger partial charge >= 0.3 is 0 Å². The monoisotopic (exact) mass is 490 g/mol. The summed E-state index contributed by atoms with van der Waals surface area (Å²) in [5.41, 5.74) is 6.57. The molecule has 0 spiro atoms. The second-order valence-electron chi connectivity index (χ2n) is 8.85. The molecule has 0 unspecified atom stereocenters. The van der Waals surface area contributed by atoms with Gasteiger partial charge in [-0.05, 0) is 60.4 Å². The van der Waals surface area contributed by atoms with Crippen molar-refractivity contribution in [3.05, 3.63) is 89.0 Å². The highest BCUT2D eigenvalue weighted by Gasteiger charge is 2.30. The van der Waals surface area contributed by atoms with Crippen LogP contribution in [0.3, 0.4) is 0 Å². The first-order chi connectivity index (χ1) is 17.0. The number of anilines is 1. The molecule has 0 bridgehead atoms. The molecule has 2 aliphatic heterocycles. The summed E-state index contributed by atoms with van der Waals surface area (Å²) in [7, 11) is -2.83. The van der Waals surface area contributed by atoms with Crippen LogP contribution < -0.4 is 10.1 Å². The van der Waals surface area contributed by atoms with E-state index in [2.05, 4.69) is 42.6 Å². The van der Waals surface area contributed by atoms with Crippen LogP contribution in [-0.4, -0.2) is 30.6 Å². The van der Waals surface area contributed by atoms with Gasteiger partial charge in [0.2, 0.25) is 7.94 Å². The Morgan fingerprint density at radius 1 is 0.943 bits per heavy atom. The summed E-state index contributed by atoms with van der Waals surface area (Å²) in [6.45, 7) is 3.55. The third-order valence-electron chi connectivity index (χ3n) is 6.11. The maximum Gasteiger partial charge on any atom is 0.251 e. The molecular weight excluding hydrogens is 461 g/mol. The number of aryl methyl sites for hydroxylation is 1. The van der Waals surface area contributed by atoms with Gasteiger partial charge in [-0.25, -0.2) is 0 Å². The summed E-state index contributed by atoms with van der Waals surface area (Å²) in [4.78, 5) is 23.6. The van der Waals surface area contributed by atoms with E-state index in [4.69, 9.17) is 13.8 Å². The zero-order chi connectivity index (χ0) is 24.3. The largest absolute Gasteiger partial charge is 0.493 e. The smallest absolute Gasteiger partial charge is 0.251 e. The molecule has 1 amide bonds. The molecule has 35 heavy (non-hydrogen) atoms. The molecule has 1 fully saturated rings. The SMILES string of the molecule is Cc1ccc(-c2ccc3c(c2)C=C(C(=O)Nc2ccc(C[P]4(O)OCCCO4)cc2)CCO3)cc1. The molecule has 1 radical (unpaired) electrons. The number of fused-ring (bicyclic) bond motifs is 1. The minimum atomic E-state index is -2.83. The molecule has 3 aromatic rings. The summed E-state index contributed by atoms with van der Waals surface area (Å²) in [6, 6.07) is 21.9. The topological polar surface area (TPSA) is 77.0 Å². The molecule has 6 nitrogen and oxygen atoms in total. The van der Waals surface area contributed by atoms with Crippen LogP contribution in [0.1, 0.15) is 29.5 Å². The Labute approximate surface area is 206 Å². The number of ether oxygens (including phenoxy) is 1. The van der Waals surface area contributed by atoms with Crippen molar-refractivity contribution in [3.63, 3.8) is 0 Å². The van der Waals surface area contributed by atoms with Gasteiger partial charge in [0.25, 0.3) is 5.91 Å². The average Bonchev–Trinajstić information content (AvgIpc) is 3.08. The second kappa shape index (κ2) is 10.3. The van der Waals surface area contributed by atoms with Crippen LogP contribution in [0.2, 0.25) is 0 Å². The van der Waals surface area contributed by atoms with E-state index in [1.165, 1.54) is 5.56 Å². The minimum absolute atomic E-state index is 0.153. The average molecular weight is 491 g/mol. The van der Waals surface area contributed by atoms with Crippen LogP contribution in [0.15, 0.2) is 72.3 Å². The van der Waals surface area contributed by atoms with Gasteiger partial charge in [0.1, 0.15) is 5.75 Å². The molecule has 5 rings (SSSR count).